The molecular weight excluding hydrogens is 154 g/mol. The van der Waals surface area contributed by atoms with Gasteiger partial charge in [-0.3, -0.25) is 4.79 Å². The van der Waals surface area contributed by atoms with Gasteiger partial charge in [0.2, 0.25) is 0 Å². The van der Waals surface area contributed by atoms with Crippen LogP contribution in [-0.2, 0) is 4.79 Å². The predicted molar refractivity (Wildman–Crippen MR) is 49.2 cm³/mol. The van der Waals surface area contributed by atoms with Crippen molar-refractivity contribution in [3.05, 3.63) is 0 Å². The normalized spacial score (nSPS) is 12.8. The van der Waals surface area contributed by atoms with E-state index >= 15 is 0 Å². The molecule has 0 aliphatic carbocycles. The summed E-state index contributed by atoms with van der Waals surface area (Å²) in [4.78, 5) is 10.3. The third-order valence-electron chi connectivity index (χ3n) is 1.75. The van der Waals surface area contributed by atoms with E-state index in [0.29, 0.717) is 0 Å². The number of hydrogen-bond donors (Lipinski definition) is 2. The number of hydrogen-bond acceptors (Lipinski definition) is 2. The fourth-order valence-corrected chi connectivity index (χ4v) is 1.06. The molecule has 0 radical (unpaired) electrons. The maximum Gasteiger partial charge on any atom is 0.304 e. The van der Waals surface area contributed by atoms with Gasteiger partial charge in [-0.05, 0) is 19.9 Å². The zero-order valence-corrected chi connectivity index (χ0v) is 7.97. The molecule has 0 rings (SSSR count). The first-order valence-corrected chi connectivity index (χ1v) is 4.62. The van der Waals surface area contributed by atoms with E-state index in [0.717, 1.165) is 13.0 Å². The molecule has 0 amide bonds. The maximum atomic E-state index is 10.3. The largest absolute Gasteiger partial charge is 0.481 e. The molecule has 0 aliphatic heterocycles. The molecule has 0 bridgehead atoms. The molecule has 12 heavy (non-hydrogen) atoms. The van der Waals surface area contributed by atoms with Crippen molar-refractivity contribution >= 4 is 5.97 Å². The Morgan fingerprint density at radius 1 is 1.50 bits per heavy atom. The van der Waals surface area contributed by atoms with Gasteiger partial charge in [0.25, 0.3) is 0 Å². The molecule has 2 N–H and O–H groups in total. The Hall–Kier alpha value is -0.570. The van der Waals surface area contributed by atoms with Gasteiger partial charge >= 0.3 is 5.97 Å². The SMILES string of the molecule is CCCCCNC(C)CC(=O)O. The Bertz CT molecular complexity index is 126. The van der Waals surface area contributed by atoms with Gasteiger partial charge in [-0.2, -0.15) is 0 Å². The van der Waals surface area contributed by atoms with Crippen LogP contribution in [0.2, 0.25) is 0 Å². The van der Waals surface area contributed by atoms with Gasteiger partial charge in [0.1, 0.15) is 0 Å². The zero-order chi connectivity index (χ0) is 9.40. The van der Waals surface area contributed by atoms with Crippen LogP contribution in [0.3, 0.4) is 0 Å². The summed E-state index contributed by atoms with van der Waals surface area (Å²) in [6.07, 6.45) is 3.77. The van der Waals surface area contributed by atoms with Crippen molar-refractivity contribution in [2.45, 2.75) is 45.6 Å². The van der Waals surface area contributed by atoms with Crippen LogP contribution in [0, 0.1) is 0 Å². The molecule has 72 valence electrons. The third-order valence-corrected chi connectivity index (χ3v) is 1.75. The van der Waals surface area contributed by atoms with Crippen LogP contribution < -0.4 is 5.32 Å². The summed E-state index contributed by atoms with van der Waals surface area (Å²) in [5.41, 5.74) is 0. The number of rotatable bonds is 7. The second kappa shape index (κ2) is 7.10. The highest BCUT2D eigenvalue weighted by Crippen LogP contribution is 1.94. The highest BCUT2D eigenvalue weighted by Gasteiger charge is 2.04. The van der Waals surface area contributed by atoms with Gasteiger partial charge in [0.05, 0.1) is 6.42 Å². The molecular formula is C9H19NO2. The van der Waals surface area contributed by atoms with Crippen LogP contribution in [-0.4, -0.2) is 23.7 Å². The number of aliphatic carboxylic acids is 1. The number of unbranched alkanes of at least 4 members (excludes halogenated alkanes) is 2. The Labute approximate surface area is 74.2 Å². The minimum atomic E-state index is -0.731. The second-order valence-corrected chi connectivity index (χ2v) is 3.16. The van der Waals surface area contributed by atoms with Crippen molar-refractivity contribution in [2.24, 2.45) is 0 Å². The molecule has 0 aliphatic rings. The summed E-state index contributed by atoms with van der Waals surface area (Å²) in [7, 11) is 0. The van der Waals surface area contributed by atoms with Gasteiger partial charge < -0.3 is 10.4 Å². The predicted octanol–water partition coefficient (Wildman–Crippen LogP) is 1.63. The molecule has 1 unspecified atom stereocenters. The Morgan fingerprint density at radius 2 is 2.17 bits per heavy atom. The van der Waals surface area contributed by atoms with Crippen molar-refractivity contribution in [1.29, 1.82) is 0 Å². The van der Waals surface area contributed by atoms with Crippen LogP contribution in [0.4, 0.5) is 0 Å². The summed E-state index contributed by atoms with van der Waals surface area (Å²) < 4.78 is 0. The Kier molecular flexibility index (Phi) is 6.76. The summed E-state index contributed by atoms with van der Waals surface area (Å²) in [5.74, 6) is -0.731. The number of carboxylic acids is 1. The zero-order valence-electron chi connectivity index (χ0n) is 7.97. The molecule has 3 heteroatoms. The molecule has 0 aromatic heterocycles. The van der Waals surface area contributed by atoms with Gasteiger partial charge in [-0.25, -0.2) is 0 Å². The molecule has 0 fully saturated rings. The average molecular weight is 173 g/mol. The van der Waals surface area contributed by atoms with Crippen LogP contribution in [0.5, 0.6) is 0 Å². The van der Waals surface area contributed by atoms with Crippen LogP contribution in [0.15, 0.2) is 0 Å². The van der Waals surface area contributed by atoms with E-state index in [4.69, 9.17) is 5.11 Å². The van der Waals surface area contributed by atoms with Crippen molar-refractivity contribution in [1.82, 2.24) is 5.32 Å². The fraction of sp³-hybridized carbons (Fsp3) is 0.889. The average Bonchev–Trinajstić information content (AvgIpc) is 1.97. The fourth-order valence-electron chi connectivity index (χ4n) is 1.06. The lowest BCUT2D eigenvalue weighted by molar-refractivity contribution is -0.137. The van der Waals surface area contributed by atoms with E-state index in [9.17, 15) is 4.79 Å². The van der Waals surface area contributed by atoms with Crippen molar-refractivity contribution in [3.63, 3.8) is 0 Å². The monoisotopic (exact) mass is 173 g/mol. The summed E-state index contributed by atoms with van der Waals surface area (Å²) in [6, 6.07) is 0.0966. The minimum Gasteiger partial charge on any atom is -0.481 e. The van der Waals surface area contributed by atoms with Crippen molar-refractivity contribution in [3.8, 4) is 0 Å². The molecule has 1 atom stereocenters. The lowest BCUT2D eigenvalue weighted by atomic mass is 10.2. The molecule has 0 heterocycles. The highest BCUT2D eigenvalue weighted by atomic mass is 16.4. The van der Waals surface area contributed by atoms with Gasteiger partial charge in [0, 0.05) is 6.04 Å². The van der Waals surface area contributed by atoms with Crippen molar-refractivity contribution < 1.29 is 9.90 Å². The molecule has 0 saturated carbocycles. The maximum absolute atomic E-state index is 10.3. The van der Waals surface area contributed by atoms with Crippen molar-refractivity contribution in [2.75, 3.05) is 6.54 Å². The summed E-state index contributed by atoms with van der Waals surface area (Å²) >= 11 is 0. The number of nitrogens with one attached hydrogen (secondary N) is 1. The van der Waals surface area contributed by atoms with Crippen LogP contribution >= 0.6 is 0 Å². The lowest BCUT2D eigenvalue weighted by Gasteiger charge is -2.10. The Balaban J connectivity index is 3.19. The first-order chi connectivity index (χ1) is 5.66. The van der Waals surface area contributed by atoms with E-state index < -0.39 is 5.97 Å². The smallest absolute Gasteiger partial charge is 0.304 e. The van der Waals surface area contributed by atoms with E-state index in [1.54, 1.807) is 0 Å². The van der Waals surface area contributed by atoms with E-state index in [-0.39, 0.29) is 12.5 Å². The third kappa shape index (κ3) is 7.54. The topological polar surface area (TPSA) is 49.3 Å². The lowest BCUT2D eigenvalue weighted by Crippen LogP contribution is -2.29. The first kappa shape index (κ1) is 11.4. The van der Waals surface area contributed by atoms with Gasteiger partial charge in [0.15, 0.2) is 0 Å². The molecule has 3 nitrogen and oxygen atoms in total. The number of carbonyl (C=O) groups is 1. The molecule has 0 aromatic carbocycles. The first-order valence-electron chi connectivity index (χ1n) is 4.62. The van der Waals surface area contributed by atoms with Crippen LogP contribution in [0.1, 0.15) is 39.5 Å². The van der Waals surface area contributed by atoms with Crippen LogP contribution in [0.25, 0.3) is 0 Å². The second-order valence-electron chi connectivity index (χ2n) is 3.16. The standard InChI is InChI=1S/C9H19NO2/c1-3-4-5-6-10-8(2)7-9(11)12/h8,10H,3-7H2,1-2H3,(H,11,12). The minimum absolute atomic E-state index is 0.0966. The quantitative estimate of drug-likeness (QED) is 0.575. The number of carboxylic acid groups (broad SMARTS) is 1. The highest BCUT2D eigenvalue weighted by molar-refractivity contribution is 5.67. The molecule has 0 spiro atoms. The summed E-state index contributed by atoms with van der Waals surface area (Å²) in [5, 5.41) is 11.6. The van der Waals surface area contributed by atoms with Gasteiger partial charge in [-0.15, -0.1) is 0 Å². The Morgan fingerprint density at radius 3 is 2.67 bits per heavy atom. The van der Waals surface area contributed by atoms with E-state index in [1.165, 1.54) is 12.8 Å². The molecule has 0 saturated heterocycles. The summed E-state index contributed by atoms with van der Waals surface area (Å²) in [6.45, 7) is 4.99. The molecule has 0 aromatic rings. The van der Waals surface area contributed by atoms with Gasteiger partial charge in [-0.1, -0.05) is 19.8 Å². The van der Waals surface area contributed by atoms with E-state index in [2.05, 4.69) is 12.2 Å². The van der Waals surface area contributed by atoms with E-state index in [1.807, 2.05) is 6.92 Å².